The largest absolute Gasteiger partial charge is 0.457 e. The van der Waals surface area contributed by atoms with Crippen LogP contribution in [0.25, 0.3) is 0 Å². The highest BCUT2D eigenvalue weighted by Gasteiger charge is 2.51. The van der Waals surface area contributed by atoms with E-state index in [0.717, 1.165) is 18.2 Å². The van der Waals surface area contributed by atoms with E-state index in [0.29, 0.717) is 30.7 Å². The number of rotatable bonds is 7. The number of nitrogens with one attached hydrogen (secondary N) is 1. The van der Waals surface area contributed by atoms with E-state index in [1.807, 2.05) is 30.3 Å². The summed E-state index contributed by atoms with van der Waals surface area (Å²) < 4.78 is 23.2. The minimum atomic E-state index is -0.505. The average Bonchev–Trinajstić information content (AvgIpc) is 3.38. The maximum Gasteiger partial charge on any atom is 0.412 e. The fourth-order valence-corrected chi connectivity index (χ4v) is 4.03. The second-order valence-electron chi connectivity index (χ2n) is 8.18. The average molecular weight is 411 g/mol. The van der Waals surface area contributed by atoms with Crippen LogP contribution in [0.15, 0.2) is 54.6 Å². The normalized spacial score (nSPS) is 27.5. The number of hydrogen-bond acceptors (Lipinski definition) is 5. The van der Waals surface area contributed by atoms with E-state index in [2.05, 4.69) is 10.6 Å². The van der Waals surface area contributed by atoms with E-state index in [1.165, 1.54) is 12.8 Å². The Labute approximate surface area is 175 Å². The number of amides is 1. The van der Waals surface area contributed by atoms with Gasteiger partial charge in [-0.3, -0.25) is 5.32 Å². The molecule has 2 heterocycles. The summed E-state index contributed by atoms with van der Waals surface area (Å²) in [7, 11) is 0. The number of benzene rings is 2. The van der Waals surface area contributed by atoms with Gasteiger partial charge in [-0.05, 0) is 49.2 Å². The van der Waals surface area contributed by atoms with E-state index >= 15 is 0 Å². The molecule has 158 valence electrons. The Morgan fingerprint density at radius 3 is 2.47 bits per heavy atom. The van der Waals surface area contributed by atoms with Gasteiger partial charge in [0.2, 0.25) is 0 Å². The highest BCUT2D eigenvalue weighted by Crippen LogP contribution is 2.30. The molecule has 1 aliphatic carbocycles. The molecule has 2 saturated heterocycles. The lowest BCUT2D eigenvalue weighted by molar-refractivity contribution is -0.695. The number of fused-ring (bicyclic) bond motifs is 1. The Hall–Kier alpha value is -2.61. The fraction of sp³-hybridized carbons (Fsp3) is 0.435. The van der Waals surface area contributed by atoms with Gasteiger partial charge in [-0.2, -0.15) is 0 Å². The minimum absolute atomic E-state index is 0.00373. The fourth-order valence-electron chi connectivity index (χ4n) is 4.03. The van der Waals surface area contributed by atoms with Crippen molar-refractivity contribution in [3.05, 3.63) is 54.6 Å². The third-order valence-electron chi connectivity index (χ3n) is 5.85. The Bertz CT molecular complexity index is 856. The van der Waals surface area contributed by atoms with Crippen LogP contribution in [-0.2, 0) is 14.2 Å². The van der Waals surface area contributed by atoms with Crippen LogP contribution < -0.4 is 15.4 Å². The van der Waals surface area contributed by atoms with E-state index in [4.69, 9.17) is 18.9 Å². The highest BCUT2D eigenvalue weighted by atomic mass is 16.6. The number of carbonyl (C=O) groups excluding carboxylic acids is 1. The number of hydrogen-bond donors (Lipinski definition) is 2. The van der Waals surface area contributed by atoms with Gasteiger partial charge >= 0.3 is 6.09 Å². The molecule has 5 rings (SSSR count). The van der Waals surface area contributed by atoms with Gasteiger partial charge in [0.25, 0.3) is 0 Å². The molecular weight excluding hydrogens is 384 g/mol. The minimum Gasteiger partial charge on any atom is -0.457 e. The third kappa shape index (κ3) is 4.59. The molecule has 0 spiro atoms. The lowest BCUT2D eigenvalue weighted by Gasteiger charge is -2.17. The SMILES string of the molecule is O=C(Nc1ccc(Oc2ccccc2)cc1)O[C@@H]1CO[C@H]2[C@@H]1OC[C@@H]2[NH2+]CC1CC1. The molecule has 7 nitrogen and oxygen atoms in total. The zero-order chi connectivity index (χ0) is 20.3. The van der Waals surface area contributed by atoms with E-state index in [9.17, 15) is 4.79 Å². The Morgan fingerprint density at radius 2 is 1.70 bits per heavy atom. The van der Waals surface area contributed by atoms with Crippen molar-refractivity contribution in [3.8, 4) is 11.5 Å². The predicted molar refractivity (Wildman–Crippen MR) is 110 cm³/mol. The lowest BCUT2D eigenvalue weighted by Crippen LogP contribution is -2.93. The first-order valence-corrected chi connectivity index (χ1v) is 10.6. The zero-order valence-electron chi connectivity index (χ0n) is 16.7. The zero-order valence-corrected chi connectivity index (χ0v) is 16.7. The summed E-state index contributed by atoms with van der Waals surface area (Å²) in [4.78, 5) is 12.4. The van der Waals surface area contributed by atoms with Crippen LogP contribution in [-0.4, -0.2) is 50.2 Å². The molecule has 0 bridgehead atoms. The van der Waals surface area contributed by atoms with Crippen LogP contribution in [0.5, 0.6) is 11.5 Å². The number of nitrogens with two attached hydrogens (primary N) is 1. The Kier molecular flexibility index (Phi) is 5.57. The first-order chi connectivity index (χ1) is 14.7. The summed E-state index contributed by atoms with van der Waals surface area (Å²) in [6, 6.07) is 17.0. The summed E-state index contributed by atoms with van der Waals surface area (Å²) in [5, 5.41) is 5.10. The van der Waals surface area contributed by atoms with Crippen molar-refractivity contribution in [3.63, 3.8) is 0 Å². The first kappa shape index (κ1) is 19.4. The molecule has 1 amide bonds. The maximum atomic E-state index is 12.4. The van der Waals surface area contributed by atoms with Gasteiger partial charge < -0.3 is 24.3 Å². The van der Waals surface area contributed by atoms with Crippen LogP contribution in [0.2, 0.25) is 0 Å². The monoisotopic (exact) mass is 411 g/mol. The molecule has 0 aromatic heterocycles. The molecule has 2 aromatic carbocycles. The second kappa shape index (κ2) is 8.63. The summed E-state index contributed by atoms with van der Waals surface area (Å²) in [5.41, 5.74) is 0.638. The standard InChI is InChI=1S/C23H26N2O5/c26-23(25-16-8-10-18(11-9-16)29-17-4-2-1-3-5-17)30-20-14-28-21-19(13-27-22(20)21)24-12-15-6-7-15/h1-5,8-11,15,19-22,24H,6-7,12-14H2,(H,25,26)/p+1/t19-,20+,21+,22+/m0/s1. The molecule has 7 heteroatoms. The second-order valence-corrected chi connectivity index (χ2v) is 8.18. The molecule has 0 radical (unpaired) electrons. The number of quaternary nitrogens is 1. The molecule has 2 aromatic rings. The lowest BCUT2D eigenvalue weighted by atomic mass is 10.1. The number of carbonyl (C=O) groups is 1. The molecule has 3 N–H and O–H groups in total. The molecule has 3 aliphatic rings. The predicted octanol–water partition coefficient (Wildman–Crippen LogP) is 2.54. The van der Waals surface area contributed by atoms with Gasteiger partial charge in [0.15, 0.2) is 6.10 Å². The highest BCUT2D eigenvalue weighted by molar-refractivity contribution is 5.84. The van der Waals surface area contributed by atoms with Crippen molar-refractivity contribution in [2.45, 2.75) is 37.2 Å². The van der Waals surface area contributed by atoms with Gasteiger partial charge in [-0.15, -0.1) is 0 Å². The smallest absolute Gasteiger partial charge is 0.412 e. The number of para-hydroxylation sites is 1. The van der Waals surface area contributed by atoms with Gasteiger partial charge in [0.1, 0.15) is 36.4 Å². The molecule has 1 saturated carbocycles. The summed E-state index contributed by atoms with van der Waals surface area (Å²) in [6.07, 6.45) is 1.60. The van der Waals surface area contributed by atoms with E-state index in [1.54, 1.807) is 24.3 Å². The van der Waals surface area contributed by atoms with E-state index in [-0.39, 0.29) is 18.3 Å². The van der Waals surface area contributed by atoms with Gasteiger partial charge in [0, 0.05) is 11.6 Å². The van der Waals surface area contributed by atoms with Crippen molar-refractivity contribution in [2.24, 2.45) is 5.92 Å². The van der Waals surface area contributed by atoms with E-state index < -0.39 is 6.09 Å². The van der Waals surface area contributed by atoms with Gasteiger partial charge in [-0.1, -0.05) is 18.2 Å². The van der Waals surface area contributed by atoms with Crippen LogP contribution in [0.4, 0.5) is 10.5 Å². The van der Waals surface area contributed by atoms with Crippen molar-refractivity contribution in [1.82, 2.24) is 0 Å². The summed E-state index contributed by atoms with van der Waals surface area (Å²) in [5.74, 6) is 2.31. The Balaban J connectivity index is 1.10. The van der Waals surface area contributed by atoms with Crippen molar-refractivity contribution >= 4 is 11.8 Å². The third-order valence-corrected chi connectivity index (χ3v) is 5.85. The first-order valence-electron chi connectivity index (χ1n) is 10.6. The van der Waals surface area contributed by atoms with Crippen LogP contribution in [0.3, 0.4) is 0 Å². The Morgan fingerprint density at radius 1 is 0.967 bits per heavy atom. The summed E-state index contributed by atoms with van der Waals surface area (Å²) >= 11 is 0. The molecule has 2 aliphatic heterocycles. The number of ether oxygens (including phenoxy) is 4. The topological polar surface area (TPSA) is 82.6 Å². The number of anilines is 1. The molecule has 0 unspecified atom stereocenters. The van der Waals surface area contributed by atoms with Gasteiger partial charge in [-0.25, -0.2) is 4.79 Å². The maximum absolute atomic E-state index is 12.4. The van der Waals surface area contributed by atoms with Crippen LogP contribution in [0, 0.1) is 5.92 Å². The van der Waals surface area contributed by atoms with Crippen molar-refractivity contribution in [1.29, 1.82) is 0 Å². The van der Waals surface area contributed by atoms with Gasteiger partial charge in [0.05, 0.1) is 13.2 Å². The van der Waals surface area contributed by atoms with Crippen LogP contribution >= 0.6 is 0 Å². The van der Waals surface area contributed by atoms with Crippen molar-refractivity contribution < 1.29 is 29.1 Å². The van der Waals surface area contributed by atoms with Crippen molar-refractivity contribution in [2.75, 3.05) is 25.1 Å². The molecule has 3 fully saturated rings. The molecular formula is C23H27N2O5+. The molecule has 30 heavy (non-hydrogen) atoms. The van der Waals surface area contributed by atoms with Crippen LogP contribution in [0.1, 0.15) is 12.8 Å². The molecule has 4 atom stereocenters. The quantitative estimate of drug-likeness (QED) is 0.732. The summed E-state index contributed by atoms with van der Waals surface area (Å²) in [6.45, 7) is 2.16.